The van der Waals surface area contributed by atoms with Crippen molar-refractivity contribution in [1.82, 2.24) is 0 Å². The number of allylic oxidation sites excluding steroid dienone is 12. The van der Waals surface area contributed by atoms with Crippen LogP contribution in [0, 0.1) is 14.9 Å². The third-order valence-electron chi connectivity index (χ3n) is 8.16. The van der Waals surface area contributed by atoms with E-state index in [0.29, 0.717) is 0 Å². The van der Waals surface area contributed by atoms with Crippen molar-refractivity contribution in [2.75, 3.05) is 0 Å². The monoisotopic (exact) mass is 808 g/mol. The summed E-state index contributed by atoms with van der Waals surface area (Å²) in [6.45, 7) is 9.82. The molecule has 3 aliphatic carbocycles. The molecule has 256 valence electrons. The van der Waals surface area contributed by atoms with E-state index in [1.54, 1.807) is 5.31 Å². The van der Waals surface area contributed by atoms with Gasteiger partial charge in [-0.05, 0) is 97.3 Å². The molecule has 0 radical (unpaired) electrons. The van der Waals surface area contributed by atoms with E-state index in [4.69, 9.17) is 13.0 Å². The molecular weight excluding hydrogens is 754 g/mol. The van der Waals surface area contributed by atoms with Crippen LogP contribution >= 0.6 is 15.8 Å². The molecule has 2 aliphatic heterocycles. The maximum absolute atomic E-state index is 10.7. The predicted octanol–water partition coefficient (Wildman–Crippen LogP) is 10.5. The van der Waals surface area contributed by atoms with Crippen molar-refractivity contribution in [3.05, 3.63) is 87.0 Å². The number of rotatable bonds is 2. The van der Waals surface area contributed by atoms with E-state index in [0.717, 1.165) is 28.3 Å². The Labute approximate surface area is 293 Å². The zero-order valence-electron chi connectivity index (χ0n) is 27.1. The van der Waals surface area contributed by atoms with Gasteiger partial charge in [0.2, 0.25) is 0 Å². The quantitative estimate of drug-likeness (QED) is 0.0697. The fourth-order valence-electron chi connectivity index (χ4n) is 6.08. The minimum absolute atomic E-state index is 0. The average molecular weight is 809 g/mol. The molecule has 0 unspecified atom stereocenters. The molecule has 0 bridgehead atoms. The van der Waals surface area contributed by atoms with E-state index in [-0.39, 0.29) is 67.2 Å². The van der Waals surface area contributed by atoms with Gasteiger partial charge in [-0.3, -0.25) is 0 Å². The Kier molecular flexibility index (Phi) is 26.8. The van der Waals surface area contributed by atoms with Gasteiger partial charge in [0.15, 0.2) is 10.1 Å². The van der Waals surface area contributed by atoms with Gasteiger partial charge in [-0.1, -0.05) is 48.6 Å². The molecule has 0 aromatic carbocycles. The largest absolute Gasteiger partial charge is 3.00 e. The third kappa shape index (κ3) is 16.8. The van der Waals surface area contributed by atoms with Gasteiger partial charge < -0.3 is 19.4 Å². The molecule has 0 spiro atoms. The van der Waals surface area contributed by atoms with Crippen molar-refractivity contribution in [3.63, 3.8) is 0 Å². The number of halogens is 3. The third-order valence-corrected chi connectivity index (χ3v) is 16.5. The van der Waals surface area contributed by atoms with Gasteiger partial charge in [0.05, 0.1) is 28.0 Å². The summed E-state index contributed by atoms with van der Waals surface area (Å²) < 4.78 is 58.9. The van der Waals surface area contributed by atoms with Crippen LogP contribution in [0.15, 0.2) is 72.2 Å². The van der Waals surface area contributed by atoms with Crippen LogP contribution in [-0.4, -0.2) is 46.8 Å². The molecule has 0 amide bonds. The van der Waals surface area contributed by atoms with Gasteiger partial charge in [-0.15, -0.1) is 0 Å². The fraction of sp³-hybridized carbons (Fsp3) is 0.576. The summed E-state index contributed by atoms with van der Waals surface area (Å²) >= 11 is 0. The van der Waals surface area contributed by atoms with Crippen LogP contribution in [0.4, 0.5) is 13.2 Å². The number of alkyl halides is 3. The van der Waals surface area contributed by atoms with E-state index in [1.807, 2.05) is 0 Å². The molecule has 0 saturated carbocycles. The molecule has 2 heterocycles. The zero-order valence-corrected chi connectivity index (χ0v) is 32.6. The van der Waals surface area contributed by atoms with E-state index in [1.165, 1.54) is 57.8 Å². The van der Waals surface area contributed by atoms with Crippen LogP contribution in [0.5, 0.6) is 0 Å². The topological polar surface area (TPSA) is 57.2 Å². The molecule has 2 fully saturated rings. The normalized spacial score (nSPS) is 27.5. The van der Waals surface area contributed by atoms with Crippen molar-refractivity contribution >= 4 is 26.0 Å². The summed E-state index contributed by atoms with van der Waals surface area (Å²) in [5.41, 5.74) is -0.688. The Bertz CT molecular complexity index is 1020. The zero-order chi connectivity index (χ0) is 29.8. The first kappa shape index (κ1) is 48.5. The average Bonchev–Trinajstić information content (AvgIpc) is 3.64. The summed E-state index contributed by atoms with van der Waals surface area (Å²) in [6.07, 6.45) is 37.4. The van der Waals surface area contributed by atoms with Crippen LogP contribution in [0.1, 0.15) is 85.5 Å². The SMILES string of the molecule is C1=C\CC/C=C\CC/1.C[C@@H]1CC[C@@H](C)[PH+]1C1=CC=CC1.C[C@@H]1CC[C@@H](C)[PH+]1C1C=CC=C1.O=S(=O)([O-])C(F)(F)F.[CH3-].[CH3-].[Fe].[Rh+3]. The molecule has 2 saturated heterocycles. The summed E-state index contributed by atoms with van der Waals surface area (Å²) in [5.74, 6) is 0. The molecule has 5 aliphatic rings. The minimum Gasteiger partial charge on any atom is -0.741 e. The smallest absolute Gasteiger partial charge is 0.741 e. The Balaban J connectivity index is -0.000000504. The summed E-state index contributed by atoms with van der Waals surface area (Å²) in [7, 11) is -6.36. The molecule has 5 rings (SSSR count). The van der Waals surface area contributed by atoms with Gasteiger partial charge >= 0.3 is 25.0 Å². The predicted molar refractivity (Wildman–Crippen MR) is 182 cm³/mol. The van der Waals surface area contributed by atoms with E-state index >= 15 is 0 Å². The summed E-state index contributed by atoms with van der Waals surface area (Å²) in [4.78, 5) is 0. The van der Waals surface area contributed by atoms with E-state index in [2.05, 4.69) is 94.5 Å². The maximum atomic E-state index is 10.7. The molecule has 3 nitrogen and oxygen atoms in total. The fourth-order valence-corrected chi connectivity index (χ4v) is 13.9. The molecule has 0 aromatic heterocycles. The van der Waals surface area contributed by atoms with Crippen LogP contribution in [0.2, 0.25) is 0 Å². The van der Waals surface area contributed by atoms with Gasteiger partial charge in [-0.25, -0.2) is 8.42 Å². The molecular formula is C33H54F3FeO3P2RhS+2. The van der Waals surface area contributed by atoms with Crippen LogP contribution in [0.3, 0.4) is 0 Å². The Morgan fingerprint density at radius 2 is 1.09 bits per heavy atom. The number of hydrogen-bond acceptors (Lipinski definition) is 3. The van der Waals surface area contributed by atoms with Gasteiger partial charge in [-0.2, -0.15) is 13.2 Å². The van der Waals surface area contributed by atoms with Gasteiger partial charge in [0.25, 0.3) is 0 Å². The van der Waals surface area contributed by atoms with E-state index < -0.39 is 15.6 Å². The van der Waals surface area contributed by atoms with Crippen molar-refractivity contribution in [2.45, 2.75) is 119 Å². The standard InChI is InChI=1S/2C11H17P.C8H12.CHF3O3S.2CH3.Fe.Rh/c2*1-9-7-8-10(2)12(9)11-5-3-4-6-11;1-2-4-6-8-7-5-3-1;2-1(3,4)8(5,6)7;;;;/h3-5,9-10H,6-8H2,1-2H3;3-6,9-11H,7-8H2,1-2H3;1-2,7-8H,3-6H2;(H,5,6,7);2*1H3;;/q;;;;2*-1;;+3/p+1/b;;2-1-,8-7-;;;;;/t2*9-,10-;;;;;;/m11....../s1. The van der Waals surface area contributed by atoms with Crippen molar-refractivity contribution in [3.8, 4) is 0 Å². The van der Waals surface area contributed by atoms with Crippen LogP contribution in [0.25, 0.3) is 0 Å². The van der Waals surface area contributed by atoms with Crippen molar-refractivity contribution < 1.29 is 62.7 Å². The second-order valence-corrected chi connectivity index (χ2v) is 19.9. The second kappa shape index (κ2) is 24.3. The van der Waals surface area contributed by atoms with Gasteiger partial charge in [0, 0.05) is 39.3 Å². The Hall–Kier alpha value is 0.143. The van der Waals surface area contributed by atoms with Gasteiger partial charge in [0.1, 0.15) is 5.66 Å². The van der Waals surface area contributed by atoms with E-state index in [9.17, 15) is 13.2 Å². The molecule has 44 heavy (non-hydrogen) atoms. The van der Waals surface area contributed by atoms with Crippen molar-refractivity contribution in [1.29, 1.82) is 0 Å². The molecule has 0 aromatic rings. The minimum atomic E-state index is -6.09. The second-order valence-electron chi connectivity index (χ2n) is 11.3. The van der Waals surface area contributed by atoms with Crippen molar-refractivity contribution in [2.24, 2.45) is 0 Å². The number of hydrogen-bond donors (Lipinski definition) is 0. The Morgan fingerprint density at radius 3 is 1.41 bits per heavy atom. The first-order valence-electron chi connectivity index (χ1n) is 14.6. The molecule has 0 N–H and O–H groups in total. The molecule has 4 atom stereocenters. The Morgan fingerprint density at radius 1 is 0.727 bits per heavy atom. The van der Waals surface area contributed by atoms with Crippen LogP contribution < -0.4 is 0 Å². The van der Waals surface area contributed by atoms with Crippen LogP contribution in [-0.2, 0) is 46.7 Å². The first-order chi connectivity index (χ1) is 18.8. The first-order valence-corrected chi connectivity index (χ1v) is 19.4. The summed E-state index contributed by atoms with van der Waals surface area (Å²) in [5, 5.41) is 1.79. The maximum Gasteiger partial charge on any atom is 3.00 e. The summed E-state index contributed by atoms with van der Waals surface area (Å²) in [6, 6.07) is 0. The molecule has 11 heteroatoms.